The minimum absolute atomic E-state index is 0.0576. The van der Waals surface area contributed by atoms with Crippen LogP contribution in [0.1, 0.15) is 37.0 Å². The van der Waals surface area contributed by atoms with Crippen molar-refractivity contribution in [1.29, 1.82) is 0 Å². The lowest BCUT2D eigenvalue weighted by atomic mass is 10.0. The number of amides is 2. The molecule has 4 aromatic carbocycles. The molecular formula is C35H37BrFN3O4S. The topological polar surface area (TPSA) is 86.8 Å². The minimum Gasteiger partial charge on any atom is -0.352 e. The first-order valence-electron chi connectivity index (χ1n) is 14.7. The quantitative estimate of drug-likeness (QED) is 0.170. The lowest BCUT2D eigenvalue weighted by Gasteiger charge is -2.34. The van der Waals surface area contributed by atoms with Crippen molar-refractivity contribution in [2.45, 2.75) is 57.1 Å². The van der Waals surface area contributed by atoms with Crippen LogP contribution in [0.5, 0.6) is 0 Å². The first kappa shape index (κ1) is 33.9. The van der Waals surface area contributed by atoms with Crippen LogP contribution < -0.4 is 9.62 Å². The highest BCUT2D eigenvalue weighted by molar-refractivity contribution is 9.10. The van der Waals surface area contributed by atoms with Gasteiger partial charge >= 0.3 is 0 Å². The van der Waals surface area contributed by atoms with Gasteiger partial charge in [-0.3, -0.25) is 13.9 Å². The maximum absolute atomic E-state index is 14.5. The number of anilines is 1. The van der Waals surface area contributed by atoms with E-state index < -0.39 is 34.3 Å². The summed E-state index contributed by atoms with van der Waals surface area (Å²) >= 11 is 3.49. The van der Waals surface area contributed by atoms with E-state index >= 15 is 0 Å². The van der Waals surface area contributed by atoms with Crippen molar-refractivity contribution in [1.82, 2.24) is 10.2 Å². The molecule has 0 aliphatic carbocycles. The summed E-state index contributed by atoms with van der Waals surface area (Å²) in [6.07, 6.45) is 0.915. The van der Waals surface area contributed by atoms with Crippen molar-refractivity contribution in [2.24, 2.45) is 0 Å². The molecule has 0 heterocycles. The summed E-state index contributed by atoms with van der Waals surface area (Å²) < 4.78 is 43.6. The van der Waals surface area contributed by atoms with E-state index in [1.807, 2.05) is 75.4 Å². The van der Waals surface area contributed by atoms with E-state index in [4.69, 9.17) is 0 Å². The SMILES string of the molecule is CC[C@H](C)NC(=O)[C@H](Cc1ccccc1)N(Cc1cccc(Br)c1)C(=O)CN(c1ccc(C)cc1)S(=O)(=O)c1ccc(F)cc1. The van der Waals surface area contributed by atoms with Gasteiger partial charge in [0.25, 0.3) is 10.0 Å². The van der Waals surface area contributed by atoms with E-state index in [9.17, 15) is 22.4 Å². The first-order valence-corrected chi connectivity index (χ1v) is 16.9. The van der Waals surface area contributed by atoms with Crippen LogP contribution in [0.2, 0.25) is 0 Å². The summed E-state index contributed by atoms with van der Waals surface area (Å²) in [6, 6.07) is 27.0. The van der Waals surface area contributed by atoms with Gasteiger partial charge in [-0.05, 0) is 79.9 Å². The van der Waals surface area contributed by atoms with Crippen molar-refractivity contribution in [3.8, 4) is 0 Å². The Hall–Kier alpha value is -4.02. The fourth-order valence-corrected chi connectivity index (χ4v) is 6.66. The van der Waals surface area contributed by atoms with Crippen molar-refractivity contribution in [3.05, 3.63) is 130 Å². The van der Waals surface area contributed by atoms with Gasteiger partial charge < -0.3 is 10.2 Å². The van der Waals surface area contributed by atoms with E-state index in [2.05, 4.69) is 21.2 Å². The van der Waals surface area contributed by atoms with Crippen molar-refractivity contribution >= 4 is 43.5 Å². The third-order valence-electron chi connectivity index (χ3n) is 7.52. The van der Waals surface area contributed by atoms with Crippen LogP contribution in [0.3, 0.4) is 0 Å². The highest BCUT2D eigenvalue weighted by atomic mass is 79.9. The van der Waals surface area contributed by atoms with Crippen LogP contribution in [0.25, 0.3) is 0 Å². The highest BCUT2D eigenvalue weighted by Crippen LogP contribution is 2.26. The van der Waals surface area contributed by atoms with E-state index in [0.29, 0.717) is 6.42 Å². The van der Waals surface area contributed by atoms with Gasteiger partial charge in [-0.15, -0.1) is 0 Å². The number of rotatable bonds is 13. The second kappa shape index (κ2) is 15.3. The average Bonchev–Trinajstić information content (AvgIpc) is 3.02. The average molecular weight is 695 g/mol. The number of halogens is 2. The number of carbonyl (C=O) groups is 2. The molecule has 0 spiro atoms. The van der Waals surface area contributed by atoms with Crippen LogP contribution >= 0.6 is 15.9 Å². The third kappa shape index (κ3) is 9.02. The number of carbonyl (C=O) groups excluding carboxylic acids is 2. The Morgan fingerprint density at radius 2 is 1.53 bits per heavy atom. The number of benzene rings is 4. The van der Waals surface area contributed by atoms with Crippen LogP contribution in [0.4, 0.5) is 10.1 Å². The van der Waals surface area contributed by atoms with Crippen LogP contribution in [-0.2, 0) is 32.6 Å². The summed E-state index contributed by atoms with van der Waals surface area (Å²) in [7, 11) is -4.31. The second-order valence-corrected chi connectivity index (χ2v) is 13.8. The molecule has 45 heavy (non-hydrogen) atoms. The predicted molar refractivity (Wildman–Crippen MR) is 179 cm³/mol. The Bertz CT molecular complexity index is 1700. The molecule has 0 bridgehead atoms. The molecule has 2 amide bonds. The summed E-state index contributed by atoms with van der Waals surface area (Å²) in [5.74, 6) is -1.48. The van der Waals surface area contributed by atoms with E-state index in [-0.39, 0.29) is 35.5 Å². The van der Waals surface area contributed by atoms with Crippen LogP contribution in [0.15, 0.2) is 112 Å². The van der Waals surface area contributed by atoms with Gasteiger partial charge in [0.2, 0.25) is 11.8 Å². The van der Waals surface area contributed by atoms with Gasteiger partial charge in [0.1, 0.15) is 18.4 Å². The third-order valence-corrected chi connectivity index (χ3v) is 9.80. The smallest absolute Gasteiger partial charge is 0.264 e. The van der Waals surface area contributed by atoms with Crippen molar-refractivity contribution in [3.63, 3.8) is 0 Å². The maximum Gasteiger partial charge on any atom is 0.264 e. The molecular weight excluding hydrogens is 657 g/mol. The molecule has 0 saturated carbocycles. The van der Waals surface area contributed by atoms with E-state index in [1.165, 1.54) is 17.0 Å². The molecule has 2 atom stereocenters. The zero-order valence-electron chi connectivity index (χ0n) is 25.5. The zero-order valence-corrected chi connectivity index (χ0v) is 27.9. The normalized spacial score (nSPS) is 12.6. The molecule has 4 aromatic rings. The Morgan fingerprint density at radius 3 is 2.16 bits per heavy atom. The van der Waals surface area contributed by atoms with E-state index in [1.54, 1.807) is 24.3 Å². The highest BCUT2D eigenvalue weighted by Gasteiger charge is 2.35. The fraction of sp³-hybridized carbons (Fsp3) is 0.257. The molecule has 0 aliphatic heterocycles. The molecule has 10 heteroatoms. The Kier molecular flexibility index (Phi) is 11.5. The predicted octanol–water partition coefficient (Wildman–Crippen LogP) is 6.65. The number of sulfonamides is 1. The molecule has 4 rings (SSSR count). The molecule has 7 nitrogen and oxygen atoms in total. The summed E-state index contributed by atoms with van der Waals surface area (Å²) in [5, 5.41) is 3.03. The van der Waals surface area contributed by atoms with Crippen molar-refractivity contribution in [2.75, 3.05) is 10.8 Å². The Morgan fingerprint density at radius 1 is 0.889 bits per heavy atom. The Labute approximate surface area is 273 Å². The maximum atomic E-state index is 14.5. The fourth-order valence-electron chi connectivity index (χ4n) is 4.80. The zero-order chi connectivity index (χ0) is 32.6. The monoisotopic (exact) mass is 693 g/mol. The molecule has 0 saturated heterocycles. The molecule has 0 aliphatic rings. The molecule has 0 unspecified atom stereocenters. The summed E-state index contributed by atoms with van der Waals surface area (Å²) in [6.45, 7) is 5.20. The van der Waals surface area contributed by atoms with Gasteiger partial charge in [-0.25, -0.2) is 12.8 Å². The van der Waals surface area contributed by atoms with Gasteiger partial charge in [-0.1, -0.05) is 83.0 Å². The van der Waals surface area contributed by atoms with Gasteiger partial charge in [0.15, 0.2) is 0 Å². The standard InChI is InChI=1S/C35H37BrFN3O4S/c1-4-26(3)38-35(42)33(22-27-9-6-5-7-10-27)39(23-28-11-8-12-29(36)21-28)34(41)24-40(31-17-13-25(2)14-18-31)45(43,44)32-19-15-30(37)16-20-32/h5-21,26,33H,4,22-24H2,1-3H3,(H,38,42)/t26-,33-/m0/s1. The van der Waals surface area contributed by atoms with E-state index in [0.717, 1.165) is 37.6 Å². The van der Waals surface area contributed by atoms with Crippen LogP contribution in [0, 0.1) is 12.7 Å². The van der Waals surface area contributed by atoms with Crippen molar-refractivity contribution < 1.29 is 22.4 Å². The van der Waals surface area contributed by atoms with Gasteiger partial charge in [0, 0.05) is 23.5 Å². The molecule has 0 radical (unpaired) electrons. The summed E-state index contributed by atoms with van der Waals surface area (Å²) in [4.78, 5) is 29.6. The molecule has 1 N–H and O–H groups in total. The number of nitrogens with zero attached hydrogens (tertiary/aromatic N) is 2. The largest absolute Gasteiger partial charge is 0.352 e. The molecule has 0 fully saturated rings. The number of aryl methyl sites for hydroxylation is 1. The van der Waals surface area contributed by atoms with Crippen LogP contribution in [-0.4, -0.2) is 43.8 Å². The second-order valence-electron chi connectivity index (χ2n) is 11.0. The summed E-state index contributed by atoms with van der Waals surface area (Å²) in [5.41, 5.74) is 2.79. The van der Waals surface area contributed by atoms with Gasteiger partial charge in [-0.2, -0.15) is 0 Å². The molecule has 0 aromatic heterocycles. The number of hydrogen-bond acceptors (Lipinski definition) is 4. The number of hydrogen-bond donors (Lipinski definition) is 1. The molecule has 236 valence electrons. The number of nitrogens with one attached hydrogen (secondary N) is 1. The first-order chi connectivity index (χ1) is 21.5. The minimum atomic E-state index is -4.31. The lowest BCUT2D eigenvalue weighted by Crippen LogP contribution is -2.54. The van der Waals surface area contributed by atoms with Gasteiger partial charge in [0.05, 0.1) is 10.6 Å². The Balaban J connectivity index is 1.80. The lowest BCUT2D eigenvalue weighted by molar-refractivity contribution is -0.140.